The standard InChI is InChI=1S/C19H26ClN5O4S/c20-15-11-21-12-16(22-15)24-9-7-23(8-10-24)5-1-2-6-25-19(26)17-13-3-4-14(29-13)18(17)30(25,27)28/h11-14,17-18H,1-10H2/t13?,14-,17-,18+/m0/s1. The SMILES string of the molecule is O=C1[C@H]2C3CC[C@H](O3)[C@H]2S(=O)(=O)N1CCCCN1CCN(c2cncc(Cl)n2)CC1. The predicted molar refractivity (Wildman–Crippen MR) is 111 cm³/mol. The van der Waals surface area contributed by atoms with Crippen LogP contribution in [0.2, 0.25) is 5.15 Å². The quantitative estimate of drug-likeness (QED) is 0.580. The minimum atomic E-state index is -3.58. The van der Waals surface area contributed by atoms with Gasteiger partial charge in [-0.3, -0.25) is 14.7 Å². The van der Waals surface area contributed by atoms with E-state index in [9.17, 15) is 13.2 Å². The molecule has 0 saturated carbocycles. The molecule has 1 aromatic rings. The molecule has 11 heteroatoms. The number of fused-ring (bicyclic) bond motifs is 5. The maximum absolute atomic E-state index is 12.9. The van der Waals surface area contributed by atoms with E-state index < -0.39 is 21.2 Å². The van der Waals surface area contributed by atoms with Crippen LogP contribution >= 0.6 is 11.6 Å². The van der Waals surface area contributed by atoms with Gasteiger partial charge in [-0.2, -0.15) is 0 Å². The van der Waals surface area contributed by atoms with Gasteiger partial charge in [0.05, 0.1) is 30.5 Å². The number of aromatic nitrogens is 2. The molecule has 0 N–H and O–H groups in total. The average Bonchev–Trinajstić information content (AvgIpc) is 3.40. The van der Waals surface area contributed by atoms with E-state index in [-0.39, 0.29) is 24.7 Å². The molecule has 0 spiro atoms. The topological polar surface area (TPSA) is 95.9 Å². The summed E-state index contributed by atoms with van der Waals surface area (Å²) in [4.78, 5) is 25.6. The lowest BCUT2D eigenvalue weighted by atomic mass is 9.88. The molecule has 1 unspecified atom stereocenters. The summed E-state index contributed by atoms with van der Waals surface area (Å²) in [7, 11) is -3.58. The summed E-state index contributed by atoms with van der Waals surface area (Å²) >= 11 is 5.92. The molecule has 30 heavy (non-hydrogen) atoms. The number of nitrogens with zero attached hydrogens (tertiary/aromatic N) is 5. The first-order chi connectivity index (χ1) is 14.4. The minimum absolute atomic E-state index is 0.201. The number of sulfonamides is 1. The lowest BCUT2D eigenvalue weighted by Crippen LogP contribution is -2.47. The van der Waals surface area contributed by atoms with Gasteiger partial charge in [-0.25, -0.2) is 17.7 Å². The van der Waals surface area contributed by atoms with Crippen LogP contribution in [-0.4, -0.2) is 90.2 Å². The lowest BCUT2D eigenvalue weighted by molar-refractivity contribution is -0.130. The number of ether oxygens (including phenoxy) is 1. The normalized spacial score (nSPS) is 32.8. The predicted octanol–water partition coefficient (Wildman–Crippen LogP) is 0.750. The molecule has 4 saturated heterocycles. The largest absolute Gasteiger partial charge is 0.373 e. The molecule has 4 aliphatic heterocycles. The van der Waals surface area contributed by atoms with Gasteiger partial charge < -0.3 is 9.64 Å². The van der Waals surface area contributed by atoms with E-state index in [0.29, 0.717) is 11.6 Å². The highest BCUT2D eigenvalue weighted by atomic mass is 35.5. The Morgan fingerprint density at radius 1 is 1.07 bits per heavy atom. The number of piperazine rings is 1. The first-order valence-corrected chi connectivity index (χ1v) is 12.5. The van der Waals surface area contributed by atoms with E-state index in [1.807, 2.05) is 0 Å². The summed E-state index contributed by atoms with van der Waals surface area (Å²) < 4.78 is 32.5. The third-order valence-electron chi connectivity index (χ3n) is 6.76. The molecule has 9 nitrogen and oxygen atoms in total. The van der Waals surface area contributed by atoms with Crippen LogP contribution in [0.5, 0.6) is 0 Å². The van der Waals surface area contributed by atoms with Gasteiger partial charge in [0, 0.05) is 32.7 Å². The van der Waals surface area contributed by atoms with Gasteiger partial charge >= 0.3 is 0 Å². The van der Waals surface area contributed by atoms with Gasteiger partial charge in [-0.1, -0.05) is 11.6 Å². The van der Waals surface area contributed by atoms with Crippen molar-refractivity contribution in [3.8, 4) is 0 Å². The fourth-order valence-corrected chi connectivity index (χ4v) is 7.71. The van der Waals surface area contributed by atoms with Gasteiger partial charge in [-0.15, -0.1) is 0 Å². The van der Waals surface area contributed by atoms with E-state index in [1.54, 1.807) is 6.20 Å². The fourth-order valence-electron chi connectivity index (χ4n) is 5.27. The highest BCUT2D eigenvalue weighted by Gasteiger charge is 2.65. The number of amides is 1. The first kappa shape index (κ1) is 20.4. The molecule has 5 heterocycles. The zero-order valence-corrected chi connectivity index (χ0v) is 18.3. The van der Waals surface area contributed by atoms with Gasteiger partial charge in [0.15, 0.2) is 0 Å². The summed E-state index contributed by atoms with van der Waals surface area (Å²) in [6, 6.07) is 0. The molecule has 0 radical (unpaired) electrons. The number of rotatable bonds is 6. The van der Waals surface area contributed by atoms with Crippen LogP contribution in [0.4, 0.5) is 5.82 Å². The van der Waals surface area contributed by atoms with Crippen molar-refractivity contribution in [1.29, 1.82) is 0 Å². The van der Waals surface area contributed by atoms with Crippen LogP contribution in [-0.2, 0) is 19.6 Å². The minimum Gasteiger partial charge on any atom is -0.373 e. The Morgan fingerprint density at radius 3 is 2.53 bits per heavy atom. The Hall–Kier alpha value is -1.49. The summed E-state index contributed by atoms with van der Waals surface area (Å²) in [5.41, 5.74) is 0. The number of carbonyl (C=O) groups is 1. The molecular weight excluding hydrogens is 430 g/mol. The molecule has 0 aliphatic carbocycles. The maximum atomic E-state index is 12.9. The molecule has 4 atom stereocenters. The van der Waals surface area contributed by atoms with Crippen molar-refractivity contribution < 1.29 is 17.9 Å². The van der Waals surface area contributed by atoms with Crippen LogP contribution in [0.3, 0.4) is 0 Å². The van der Waals surface area contributed by atoms with Crippen molar-refractivity contribution >= 4 is 33.3 Å². The molecule has 4 aliphatic rings. The third-order valence-corrected chi connectivity index (χ3v) is 9.21. The molecule has 164 valence electrons. The van der Waals surface area contributed by atoms with Crippen LogP contribution in [0.15, 0.2) is 12.4 Å². The van der Waals surface area contributed by atoms with E-state index in [0.717, 1.165) is 62.1 Å². The van der Waals surface area contributed by atoms with Crippen LogP contribution in [0.25, 0.3) is 0 Å². The Morgan fingerprint density at radius 2 is 1.80 bits per heavy atom. The average molecular weight is 456 g/mol. The van der Waals surface area contributed by atoms with Crippen LogP contribution in [0.1, 0.15) is 25.7 Å². The van der Waals surface area contributed by atoms with Crippen molar-refractivity contribution in [3.63, 3.8) is 0 Å². The second kappa shape index (κ2) is 7.89. The Balaban J connectivity index is 1.08. The summed E-state index contributed by atoms with van der Waals surface area (Å²) in [6.45, 7) is 4.67. The van der Waals surface area contributed by atoms with Gasteiger partial charge in [0.25, 0.3) is 0 Å². The number of unbranched alkanes of at least 4 members (excludes halogenated alkanes) is 1. The van der Waals surface area contributed by atoms with Gasteiger partial charge in [0.1, 0.15) is 16.2 Å². The van der Waals surface area contributed by atoms with Crippen molar-refractivity contribution in [2.45, 2.75) is 43.1 Å². The monoisotopic (exact) mass is 455 g/mol. The number of hydrogen-bond donors (Lipinski definition) is 0. The van der Waals surface area contributed by atoms with Gasteiger partial charge in [0.2, 0.25) is 15.9 Å². The summed E-state index contributed by atoms with van der Waals surface area (Å²) in [5, 5.41) is -0.253. The first-order valence-electron chi connectivity index (χ1n) is 10.6. The molecule has 1 aromatic heterocycles. The van der Waals surface area contributed by atoms with E-state index in [4.69, 9.17) is 16.3 Å². The van der Waals surface area contributed by atoms with Crippen molar-refractivity contribution in [3.05, 3.63) is 17.5 Å². The molecule has 1 amide bonds. The smallest absolute Gasteiger partial charge is 0.243 e. The van der Waals surface area contributed by atoms with Crippen molar-refractivity contribution in [2.24, 2.45) is 5.92 Å². The Bertz CT molecular complexity index is 923. The Kier molecular flexibility index (Phi) is 5.37. The molecule has 0 aromatic carbocycles. The summed E-state index contributed by atoms with van der Waals surface area (Å²) in [6.07, 6.45) is 5.84. The van der Waals surface area contributed by atoms with Gasteiger partial charge in [-0.05, 0) is 32.2 Å². The number of hydrogen-bond acceptors (Lipinski definition) is 8. The van der Waals surface area contributed by atoms with E-state index in [1.165, 1.54) is 6.20 Å². The zero-order chi connectivity index (χ0) is 20.9. The molecular formula is C19H26ClN5O4S. The number of halogens is 1. The fraction of sp³-hybridized carbons (Fsp3) is 0.737. The molecule has 5 rings (SSSR count). The third kappa shape index (κ3) is 3.47. The van der Waals surface area contributed by atoms with Crippen molar-refractivity contribution in [2.75, 3.05) is 44.2 Å². The summed E-state index contributed by atoms with van der Waals surface area (Å²) in [5.74, 6) is 0.0725. The second-order valence-electron chi connectivity index (χ2n) is 8.47. The highest BCUT2D eigenvalue weighted by Crippen LogP contribution is 2.48. The van der Waals surface area contributed by atoms with E-state index in [2.05, 4.69) is 19.8 Å². The zero-order valence-electron chi connectivity index (χ0n) is 16.7. The Labute approximate surface area is 181 Å². The molecule has 2 bridgehead atoms. The van der Waals surface area contributed by atoms with Crippen LogP contribution < -0.4 is 4.90 Å². The van der Waals surface area contributed by atoms with Crippen molar-refractivity contribution in [1.82, 2.24) is 19.2 Å². The van der Waals surface area contributed by atoms with Crippen LogP contribution in [0, 0.1) is 5.92 Å². The van der Waals surface area contributed by atoms with E-state index >= 15 is 0 Å². The second-order valence-corrected chi connectivity index (χ2v) is 10.9. The molecule has 4 fully saturated rings. The maximum Gasteiger partial charge on any atom is 0.243 e. The lowest BCUT2D eigenvalue weighted by Gasteiger charge is -2.35. The number of anilines is 1. The number of carbonyl (C=O) groups excluding carboxylic acids is 1. The highest BCUT2D eigenvalue weighted by molar-refractivity contribution is 7.90.